The maximum atomic E-state index is 5.51. The average Bonchev–Trinajstić information content (AvgIpc) is 2.90. The third kappa shape index (κ3) is 1.97. The van der Waals surface area contributed by atoms with Gasteiger partial charge in [-0.2, -0.15) is 4.98 Å². The monoisotopic (exact) mass is 256 g/mol. The van der Waals surface area contributed by atoms with E-state index in [2.05, 4.69) is 38.1 Å². The zero-order valence-corrected chi connectivity index (χ0v) is 9.58. The van der Waals surface area contributed by atoms with Crippen molar-refractivity contribution in [3.8, 4) is 0 Å². The molecule has 1 aliphatic carbocycles. The van der Waals surface area contributed by atoms with Gasteiger partial charge < -0.3 is 11.1 Å². The Bertz CT molecular complexity index is 342. The number of nitrogen functional groups attached to an aromatic ring is 1. The van der Waals surface area contributed by atoms with Gasteiger partial charge >= 0.3 is 0 Å². The lowest BCUT2D eigenvalue weighted by atomic mass is 10.3. The van der Waals surface area contributed by atoms with Crippen LogP contribution in [-0.4, -0.2) is 16.0 Å². The maximum absolute atomic E-state index is 5.51. The Hall–Kier alpha value is -0.840. The van der Waals surface area contributed by atoms with Gasteiger partial charge in [0.1, 0.15) is 5.82 Å². The Kier molecular flexibility index (Phi) is 2.58. The van der Waals surface area contributed by atoms with E-state index in [9.17, 15) is 0 Å². The van der Waals surface area contributed by atoms with Crippen molar-refractivity contribution in [1.82, 2.24) is 9.97 Å². The summed E-state index contributed by atoms with van der Waals surface area (Å²) in [4.78, 5) is 8.02. The fraction of sp³-hybridized carbons (Fsp3) is 0.556. The molecule has 1 saturated carbocycles. The lowest BCUT2D eigenvalue weighted by molar-refractivity contribution is 0.773. The van der Waals surface area contributed by atoms with Gasteiger partial charge in [-0.3, -0.25) is 0 Å². The summed E-state index contributed by atoms with van der Waals surface area (Å²) in [6.45, 7) is 2.20. The summed E-state index contributed by atoms with van der Waals surface area (Å²) in [7, 11) is 0. The minimum absolute atomic E-state index is 0.310. The third-order valence-electron chi connectivity index (χ3n) is 2.53. The van der Waals surface area contributed by atoms with Crippen LogP contribution in [0.5, 0.6) is 0 Å². The van der Waals surface area contributed by atoms with Gasteiger partial charge in [-0.25, -0.2) is 4.98 Å². The van der Waals surface area contributed by atoms with Crippen LogP contribution in [0.1, 0.15) is 19.8 Å². The fourth-order valence-electron chi connectivity index (χ4n) is 1.53. The highest BCUT2D eigenvalue weighted by Gasteiger charge is 2.35. The van der Waals surface area contributed by atoms with E-state index >= 15 is 0 Å². The predicted octanol–water partition coefficient (Wildman–Crippen LogP) is 2.03. The summed E-state index contributed by atoms with van der Waals surface area (Å²) >= 11 is 3.39. The number of rotatable bonds is 3. The molecule has 0 aromatic carbocycles. The Balaban J connectivity index is 2.06. The summed E-state index contributed by atoms with van der Waals surface area (Å²) in [5.74, 6) is 1.90. The molecule has 0 spiro atoms. The van der Waals surface area contributed by atoms with Crippen molar-refractivity contribution in [3.63, 3.8) is 0 Å². The van der Waals surface area contributed by atoms with Crippen LogP contribution in [0.2, 0.25) is 0 Å². The summed E-state index contributed by atoms with van der Waals surface area (Å²) in [5, 5.41) is 3.35. The van der Waals surface area contributed by atoms with Crippen molar-refractivity contribution in [2.75, 3.05) is 11.1 Å². The van der Waals surface area contributed by atoms with Crippen LogP contribution in [-0.2, 0) is 0 Å². The molecule has 1 aromatic heterocycles. The number of aromatic nitrogens is 2. The molecular formula is C9H13BrN4. The molecule has 0 bridgehead atoms. The first-order chi connectivity index (χ1) is 6.70. The van der Waals surface area contributed by atoms with Crippen molar-refractivity contribution in [3.05, 3.63) is 10.7 Å². The van der Waals surface area contributed by atoms with E-state index in [1.54, 1.807) is 6.20 Å². The smallest absolute Gasteiger partial charge is 0.221 e. The summed E-state index contributed by atoms with van der Waals surface area (Å²) < 4.78 is 0.869. The SMILES string of the molecule is CCC1CC1Nc1nc(N)ncc1Br. The molecule has 2 atom stereocenters. The molecule has 0 aliphatic heterocycles. The van der Waals surface area contributed by atoms with Gasteiger partial charge in [0.2, 0.25) is 5.95 Å². The number of nitrogens with one attached hydrogen (secondary N) is 1. The highest BCUT2D eigenvalue weighted by molar-refractivity contribution is 9.10. The van der Waals surface area contributed by atoms with Crippen LogP contribution in [0.4, 0.5) is 11.8 Å². The molecule has 1 aliphatic rings. The molecule has 0 saturated heterocycles. The first-order valence-corrected chi connectivity index (χ1v) is 5.54. The number of anilines is 2. The van der Waals surface area contributed by atoms with E-state index in [0.717, 1.165) is 16.2 Å². The quantitative estimate of drug-likeness (QED) is 0.869. The summed E-state index contributed by atoms with van der Waals surface area (Å²) in [6, 6.07) is 0.561. The lowest BCUT2D eigenvalue weighted by Gasteiger charge is -2.06. The molecule has 1 heterocycles. The predicted molar refractivity (Wildman–Crippen MR) is 60.0 cm³/mol. The van der Waals surface area contributed by atoms with Crippen LogP contribution >= 0.6 is 15.9 Å². The number of hydrogen-bond acceptors (Lipinski definition) is 4. The second-order valence-corrected chi connectivity index (χ2v) is 4.43. The van der Waals surface area contributed by atoms with E-state index in [0.29, 0.717) is 12.0 Å². The van der Waals surface area contributed by atoms with Crippen molar-refractivity contribution in [1.29, 1.82) is 0 Å². The van der Waals surface area contributed by atoms with Crippen LogP contribution in [0.15, 0.2) is 10.7 Å². The van der Waals surface area contributed by atoms with E-state index < -0.39 is 0 Å². The van der Waals surface area contributed by atoms with Crippen LogP contribution < -0.4 is 11.1 Å². The first kappa shape index (κ1) is 9.71. The van der Waals surface area contributed by atoms with Gasteiger partial charge in [0.15, 0.2) is 0 Å². The molecular weight excluding hydrogens is 244 g/mol. The topological polar surface area (TPSA) is 63.8 Å². The number of halogens is 1. The molecule has 0 radical (unpaired) electrons. The third-order valence-corrected chi connectivity index (χ3v) is 3.11. The second kappa shape index (κ2) is 3.73. The van der Waals surface area contributed by atoms with Crippen molar-refractivity contribution >= 4 is 27.7 Å². The highest BCUT2D eigenvalue weighted by atomic mass is 79.9. The molecule has 2 unspecified atom stereocenters. The van der Waals surface area contributed by atoms with Crippen LogP contribution in [0.3, 0.4) is 0 Å². The van der Waals surface area contributed by atoms with Gasteiger partial charge in [-0.1, -0.05) is 13.3 Å². The van der Waals surface area contributed by atoms with E-state index in [1.807, 2.05) is 0 Å². The van der Waals surface area contributed by atoms with E-state index in [-0.39, 0.29) is 0 Å². The zero-order valence-electron chi connectivity index (χ0n) is 8.00. The minimum atomic E-state index is 0.310. The Morgan fingerprint density at radius 1 is 1.71 bits per heavy atom. The number of nitrogens with two attached hydrogens (primary N) is 1. The van der Waals surface area contributed by atoms with E-state index in [1.165, 1.54) is 12.8 Å². The summed E-state index contributed by atoms with van der Waals surface area (Å²) in [6.07, 6.45) is 4.12. The Labute approximate surface area is 91.4 Å². The fourth-order valence-corrected chi connectivity index (χ4v) is 1.84. The van der Waals surface area contributed by atoms with Gasteiger partial charge in [0.05, 0.1) is 4.47 Å². The molecule has 2 rings (SSSR count). The van der Waals surface area contributed by atoms with Crippen LogP contribution in [0, 0.1) is 5.92 Å². The molecule has 4 nitrogen and oxygen atoms in total. The van der Waals surface area contributed by atoms with Gasteiger partial charge in [0.25, 0.3) is 0 Å². The maximum Gasteiger partial charge on any atom is 0.221 e. The first-order valence-electron chi connectivity index (χ1n) is 4.75. The number of nitrogens with zero attached hydrogens (tertiary/aromatic N) is 2. The van der Waals surface area contributed by atoms with Gasteiger partial charge in [-0.05, 0) is 28.3 Å². The Morgan fingerprint density at radius 2 is 2.50 bits per heavy atom. The van der Waals surface area contributed by atoms with E-state index in [4.69, 9.17) is 5.73 Å². The molecule has 5 heteroatoms. The van der Waals surface area contributed by atoms with Gasteiger partial charge in [-0.15, -0.1) is 0 Å². The van der Waals surface area contributed by atoms with Crippen molar-refractivity contribution in [2.45, 2.75) is 25.8 Å². The zero-order chi connectivity index (χ0) is 10.1. The molecule has 14 heavy (non-hydrogen) atoms. The Morgan fingerprint density at radius 3 is 3.14 bits per heavy atom. The lowest BCUT2D eigenvalue weighted by Crippen LogP contribution is -2.08. The normalized spacial score (nSPS) is 24.7. The summed E-state index contributed by atoms with van der Waals surface area (Å²) in [5.41, 5.74) is 5.51. The van der Waals surface area contributed by atoms with Crippen molar-refractivity contribution < 1.29 is 0 Å². The minimum Gasteiger partial charge on any atom is -0.368 e. The highest BCUT2D eigenvalue weighted by Crippen LogP contribution is 2.36. The molecule has 1 fully saturated rings. The standard InChI is InChI=1S/C9H13BrN4/c1-2-5-3-7(5)13-8-6(10)4-12-9(11)14-8/h4-5,7H,2-3H2,1H3,(H3,11,12,13,14). The molecule has 76 valence electrons. The molecule has 0 amide bonds. The molecule has 3 N–H and O–H groups in total. The van der Waals surface area contributed by atoms with Crippen molar-refractivity contribution in [2.24, 2.45) is 5.92 Å². The van der Waals surface area contributed by atoms with Crippen LogP contribution in [0.25, 0.3) is 0 Å². The average molecular weight is 257 g/mol. The second-order valence-electron chi connectivity index (χ2n) is 3.58. The number of hydrogen-bond donors (Lipinski definition) is 2. The largest absolute Gasteiger partial charge is 0.368 e. The van der Waals surface area contributed by atoms with Gasteiger partial charge in [0, 0.05) is 12.2 Å². The molecule has 1 aromatic rings.